The van der Waals surface area contributed by atoms with E-state index >= 15 is 0 Å². The molecule has 0 saturated heterocycles. The van der Waals surface area contributed by atoms with Gasteiger partial charge in [0.05, 0.1) is 0 Å². The summed E-state index contributed by atoms with van der Waals surface area (Å²) in [6.07, 6.45) is 11.9. The summed E-state index contributed by atoms with van der Waals surface area (Å²) in [6, 6.07) is 0. The van der Waals surface area contributed by atoms with E-state index in [-0.39, 0.29) is 39.5 Å². The largest absolute Gasteiger partial charge is 0.299 e. The third kappa shape index (κ3) is 4.29. The molecule has 178 valence electrons. The first kappa shape index (κ1) is 25.3. The van der Waals surface area contributed by atoms with Crippen LogP contribution in [0.3, 0.4) is 0 Å². The predicted octanol–water partition coefficient (Wildman–Crippen LogP) is 5.92. The quantitative estimate of drug-likeness (QED) is 0.385. The van der Waals surface area contributed by atoms with E-state index < -0.39 is 0 Å². The summed E-state index contributed by atoms with van der Waals surface area (Å²) in [5.74, 6) is 0.781. The van der Waals surface area contributed by atoms with Crippen molar-refractivity contribution in [3.05, 3.63) is 47.1 Å². The minimum atomic E-state index is -0.329. The number of carbonyl (C=O) groups is 4. The number of ketones is 4. The van der Waals surface area contributed by atoms with E-state index in [1.807, 2.05) is 19.1 Å². The summed E-state index contributed by atoms with van der Waals surface area (Å²) < 4.78 is 0. The minimum absolute atomic E-state index is 0.0161. The molecule has 0 spiro atoms. The van der Waals surface area contributed by atoms with E-state index in [4.69, 9.17) is 0 Å². The molecule has 4 nitrogen and oxygen atoms in total. The molecular weight excluding hydrogens is 412 g/mol. The Morgan fingerprint density at radius 3 is 2.21 bits per heavy atom. The van der Waals surface area contributed by atoms with Crippen molar-refractivity contribution in [1.29, 1.82) is 0 Å². The lowest BCUT2D eigenvalue weighted by molar-refractivity contribution is -0.154. The van der Waals surface area contributed by atoms with Crippen LogP contribution in [-0.2, 0) is 19.2 Å². The molecule has 33 heavy (non-hydrogen) atoms. The second-order valence-electron chi connectivity index (χ2n) is 11.4. The Kier molecular flexibility index (Phi) is 6.72. The Hall–Kier alpha value is -2.36. The molecule has 0 aromatic carbocycles. The molecule has 3 aliphatic rings. The van der Waals surface area contributed by atoms with Crippen LogP contribution in [0.1, 0.15) is 80.6 Å². The molecule has 0 aromatic rings. The lowest BCUT2D eigenvalue weighted by atomic mass is 9.43. The van der Waals surface area contributed by atoms with Gasteiger partial charge in [0.1, 0.15) is 5.78 Å². The molecule has 0 N–H and O–H groups in total. The lowest BCUT2D eigenvalue weighted by Gasteiger charge is -2.60. The number of Topliss-reactive ketones (excluding diaryl/α,β-unsaturated/α-hetero) is 2. The van der Waals surface area contributed by atoms with Crippen molar-refractivity contribution >= 4 is 23.1 Å². The molecule has 0 aromatic heterocycles. The van der Waals surface area contributed by atoms with Gasteiger partial charge in [0.25, 0.3) is 0 Å². The standard InChI is InChI=1S/C29H38O4/c1-18(21(31)12-11-20(3)30)9-8-10-19(2)26-22(32)17-24-28(6)16-14-25(33)27(4,5)23(28)13-15-29(24,26)7/h8-12,23-24H,13-17H2,1-7H3/b10-8+,12-11-,18-9+,26-19+/t23-,24-,28-,29-/m0/s1. The topological polar surface area (TPSA) is 68.3 Å². The first-order valence-corrected chi connectivity index (χ1v) is 12.1. The van der Waals surface area contributed by atoms with Gasteiger partial charge in [-0.05, 0) is 80.6 Å². The van der Waals surface area contributed by atoms with E-state index in [1.54, 1.807) is 13.0 Å². The van der Waals surface area contributed by atoms with Crippen LogP contribution in [0.4, 0.5) is 0 Å². The molecule has 0 aliphatic heterocycles. The third-order valence-electron chi connectivity index (χ3n) is 8.98. The van der Waals surface area contributed by atoms with Gasteiger partial charge in [-0.1, -0.05) is 45.9 Å². The van der Waals surface area contributed by atoms with Gasteiger partial charge in [0, 0.05) is 29.2 Å². The maximum Gasteiger partial charge on any atom is 0.181 e. The highest BCUT2D eigenvalue weighted by Gasteiger charge is 2.64. The second-order valence-corrected chi connectivity index (χ2v) is 11.4. The van der Waals surface area contributed by atoms with Gasteiger partial charge in [-0.15, -0.1) is 0 Å². The van der Waals surface area contributed by atoms with E-state index in [0.717, 1.165) is 30.4 Å². The molecule has 3 aliphatic carbocycles. The highest BCUT2D eigenvalue weighted by atomic mass is 16.1. The summed E-state index contributed by atoms with van der Waals surface area (Å²) >= 11 is 0. The molecule has 3 rings (SSSR count). The van der Waals surface area contributed by atoms with Crippen molar-refractivity contribution in [1.82, 2.24) is 0 Å². The van der Waals surface area contributed by atoms with Gasteiger partial charge in [-0.2, -0.15) is 0 Å². The van der Waals surface area contributed by atoms with E-state index in [9.17, 15) is 19.2 Å². The normalized spacial score (nSPS) is 35.7. The Morgan fingerprint density at radius 2 is 1.58 bits per heavy atom. The average molecular weight is 451 g/mol. The Bertz CT molecular complexity index is 1020. The maximum atomic E-state index is 13.3. The fourth-order valence-corrected chi connectivity index (χ4v) is 7.21. The third-order valence-corrected chi connectivity index (χ3v) is 8.98. The zero-order chi connectivity index (χ0) is 24.8. The van der Waals surface area contributed by atoms with E-state index in [0.29, 0.717) is 30.1 Å². The van der Waals surface area contributed by atoms with Crippen LogP contribution in [-0.4, -0.2) is 23.1 Å². The van der Waals surface area contributed by atoms with Gasteiger partial charge in [0.2, 0.25) is 0 Å². The fraction of sp³-hybridized carbons (Fsp3) is 0.586. The number of fused-ring (bicyclic) bond motifs is 3. The number of rotatable bonds is 5. The molecular formula is C29H38O4. The summed E-state index contributed by atoms with van der Waals surface area (Å²) in [6.45, 7) is 13.9. The molecule has 0 bridgehead atoms. The molecule has 0 radical (unpaired) electrons. The van der Waals surface area contributed by atoms with Crippen LogP contribution in [0.5, 0.6) is 0 Å². The first-order chi connectivity index (χ1) is 15.2. The summed E-state index contributed by atoms with van der Waals surface area (Å²) in [5.41, 5.74) is 1.88. The molecule has 0 amide bonds. The number of hydrogen-bond acceptors (Lipinski definition) is 4. The highest BCUT2D eigenvalue weighted by Crippen LogP contribution is 2.68. The molecule has 0 heterocycles. The van der Waals surface area contributed by atoms with Crippen molar-refractivity contribution in [2.45, 2.75) is 80.6 Å². The predicted molar refractivity (Wildman–Crippen MR) is 130 cm³/mol. The van der Waals surface area contributed by atoms with Crippen LogP contribution in [0.2, 0.25) is 0 Å². The second kappa shape index (κ2) is 8.77. The van der Waals surface area contributed by atoms with Crippen LogP contribution in [0.25, 0.3) is 0 Å². The number of carbonyl (C=O) groups excluding carboxylic acids is 4. The van der Waals surface area contributed by atoms with Gasteiger partial charge >= 0.3 is 0 Å². The molecule has 4 heteroatoms. The van der Waals surface area contributed by atoms with Crippen LogP contribution in [0, 0.1) is 28.1 Å². The van der Waals surface area contributed by atoms with E-state index in [1.165, 1.54) is 19.1 Å². The van der Waals surface area contributed by atoms with Gasteiger partial charge in [0.15, 0.2) is 17.3 Å². The van der Waals surface area contributed by atoms with Crippen molar-refractivity contribution < 1.29 is 19.2 Å². The monoisotopic (exact) mass is 450 g/mol. The summed E-state index contributed by atoms with van der Waals surface area (Å²) in [5, 5.41) is 0. The Balaban J connectivity index is 1.90. The van der Waals surface area contributed by atoms with Gasteiger partial charge in [-0.3, -0.25) is 19.2 Å². The molecule has 3 saturated carbocycles. The number of hydrogen-bond donors (Lipinski definition) is 0. The van der Waals surface area contributed by atoms with E-state index in [2.05, 4.69) is 27.7 Å². The van der Waals surface area contributed by atoms with Crippen LogP contribution < -0.4 is 0 Å². The Morgan fingerprint density at radius 1 is 0.909 bits per heavy atom. The lowest BCUT2D eigenvalue weighted by Crippen LogP contribution is -2.56. The SMILES string of the molecule is CC(=O)/C=C\C(=O)/C(C)=C/C=C/C(C)=C1\C(=O)C[C@H]2[C@@]3(C)CCC(=O)C(C)(C)[C@@H]3CC[C@]12C. The van der Waals surface area contributed by atoms with Crippen molar-refractivity contribution in [2.75, 3.05) is 0 Å². The van der Waals surface area contributed by atoms with Crippen LogP contribution in [0.15, 0.2) is 47.1 Å². The average Bonchev–Trinajstić information content (AvgIpc) is 3.00. The summed E-state index contributed by atoms with van der Waals surface area (Å²) in [4.78, 5) is 49.1. The minimum Gasteiger partial charge on any atom is -0.299 e. The van der Waals surface area contributed by atoms with Crippen molar-refractivity contribution in [2.24, 2.45) is 28.1 Å². The van der Waals surface area contributed by atoms with Gasteiger partial charge < -0.3 is 0 Å². The first-order valence-electron chi connectivity index (χ1n) is 12.1. The molecule has 0 unspecified atom stereocenters. The molecule has 3 fully saturated rings. The van der Waals surface area contributed by atoms with Gasteiger partial charge in [-0.25, -0.2) is 0 Å². The Labute approximate surface area is 198 Å². The van der Waals surface area contributed by atoms with Crippen molar-refractivity contribution in [3.63, 3.8) is 0 Å². The zero-order valence-electron chi connectivity index (χ0n) is 21.2. The fourth-order valence-electron chi connectivity index (χ4n) is 7.21. The maximum absolute atomic E-state index is 13.3. The van der Waals surface area contributed by atoms with Crippen molar-refractivity contribution in [3.8, 4) is 0 Å². The zero-order valence-corrected chi connectivity index (χ0v) is 21.2. The summed E-state index contributed by atoms with van der Waals surface area (Å²) in [7, 11) is 0. The molecule has 4 atom stereocenters. The highest BCUT2D eigenvalue weighted by molar-refractivity contribution is 6.07. The van der Waals surface area contributed by atoms with Crippen LogP contribution >= 0.6 is 0 Å². The number of allylic oxidation sites excluding steroid dienone is 8. The smallest absolute Gasteiger partial charge is 0.181 e.